The SMILES string of the molecule is CCOCCCNC(=NC)NCc1cccc(S(N)(=O)=O)c1. The average molecular weight is 328 g/mol. The van der Waals surface area contributed by atoms with E-state index in [1.807, 2.05) is 13.0 Å². The van der Waals surface area contributed by atoms with Gasteiger partial charge in [-0.3, -0.25) is 4.99 Å². The van der Waals surface area contributed by atoms with Crippen molar-refractivity contribution in [2.75, 3.05) is 26.8 Å². The number of nitrogens with one attached hydrogen (secondary N) is 2. The Bertz CT molecular complexity index is 588. The van der Waals surface area contributed by atoms with Crippen LogP contribution in [0.25, 0.3) is 0 Å². The molecule has 7 nitrogen and oxygen atoms in total. The van der Waals surface area contributed by atoms with E-state index in [2.05, 4.69) is 15.6 Å². The van der Waals surface area contributed by atoms with E-state index >= 15 is 0 Å². The molecule has 0 saturated heterocycles. The van der Waals surface area contributed by atoms with Gasteiger partial charge in [0.15, 0.2) is 5.96 Å². The van der Waals surface area contributed by atoms with Gasteiger partial charge in [0.2, 0.25) is 10.0 Å². The van der Waals surface area contributed by atoms with Gasteiger partial charge in [0.1, 0.15) is 0 Å². The molecule has 1 aromatic rings. The largest absolute Gasteiger partial charge is 0.382 e. The summed E-state index contributed by atoms with van der Waals surface area (Å²) in [4.78, 5) is 4.21. The van der Waals surface area contributed by atoms with Crippen LogP contribution in [0.1, 0.15) is 18.9 Å². The van der Waals surface area contributed by atoms with Gasteiger partial charge in [0, 0.05) is 33.4 Å². The molecular formula is C14H24N4O3S. The molecule has 0 atom stereocenters. The lowest BCUT2D eigenvalue weighted by Gasteiger charge is -2.12. The number of nitrogens with zero attached hydrogens (tertiary/aromatic N) is 1. The van der Waals surface area contributed by atoms with Crippen molar-refractivity contribution in [3.8, 4) is 0 Å². The Hall–Kier alpha value is -1.64. The second-order valence-electron chi connectivity index (χ2n) is 4.60. The highest BCUT2D eigenvalue weighted by Gasteiger charge is 2.08. The van der Waals surface area contributed by atoms with Crippen molar-refractivity contribution in [1.29, 1.82) is 0 Å². The molecule has 1 aromatic carbocycles. The van der Waals surface area contributed by atoms with Gasteiger partial charge in [-0.1, -0.05) is 12.1 Å². The summed E-state index contributed by atoms with van der Waals surface area (Å²) >= 11 is 0. The number of sulfonamides is 1. The van der Waals surface area contributed by atoms with Crippen LogP contribution in [-0.2, 0) is 21.3 Å². The molecule has 0 aliphatic carbocycles. The molecule has 1 rings (SSSR count). The molecule has 0 radical (unpaired) electrons. The third-order valence-electron chi connectivity index (χ3n) is 2.87. The van der Waals surface area contributed by atoms with E-state index in [1.165, 1.54) is 6.07 Å². The van der Waals surface area contributed by atoms with Crippen molar-refractivity contribution >= 4 is 16.0 Å². The van der Waals surface area contributed by atoms with Crippen LogP contribution in [0.15, 0.2) is 34.2 Å². The standard InChI is InChI=1S/C14H24N4O3S/c1-3-21-9-5-8-17-14(16-2)18-11-12-6-4-7-13(10-12)22(15,19)20/h4,6-7,10H,3,5,8-9,11H2,1-2H3,(H2,15,19,20)(H2,16,17,18). The second kappa shape index (κ2) is 9.39. The third-order valence-corrected chi connectivity index (χ3v) is 3.78. The lowest BCUT2D eigenvalue weighted by atomic mass is 10.2. The lowest BCUT2D eigenvalue weighted by molar-refractivity contribution is 0.145. The van der Waals surface area contributed by atoms with E-state index in [4.69, 9.17) is 9.88 Å². The van der Waals surface area contributed by atoms with Crippen LogP contribution < -0.4 is 15.8 Å². The quantitative estimate of drug-likeness (QED) is 0.364. The fourth-order valence-corrected chi connectivity index (χ4v) is 2.35. The van der Waals surface area contributed by atoms with Gasteiger partial charge in [-0.15, -0.1) is 0 Å². The second-order valence-corrected chi connectivity index (χ2v) is 6.16. The fraction of sp³-hybridized carbons (Fsp3) is 0.500. The van der Waals surface area contributed by atoms with Crippen LogP contribution >= 0.6 is 0 Å². The number of ether oxygens (including phenoxy) is 1. The highest BCUT2D eigenvalue weighted by Crippen LogP contribution is 2.09. The molecule has 124 valence electrons. The Balaban J connectivity index is 2.47. The van der Waals surface area contributed by atoms with Crippen LogP contribution in [0.4, 0.5) is 0 Å². The highest BCUT2D eigenvalue weighted by molar-refractivity contribution is 7.89. The summed E-state index contributed by atoms with van der Waals surface area (Å²) in [5, 5.41) is 11.4. The number of benzene rings is 1. The molecule has 8 heteroatoms. The van der Waals surface area contributed by atoms with E-state index in [-0.39, 0.29) is 4.90 Å². The number of guanidine groups is 1. The Morgan fingerprint density at radius 2 is 2.14 bits per heavy atom. The smallest absolute Gasteiger partial charge is 0.238 e. The van der Waals surface area contributed by atoms with Gasteiger partial charge < -0.3 is 15.4 Å². The predicted octanol–water partition coefficient (Wildman–Crippen LogP) is 0.426. The van der Waals surface area contributed by atoms with Crippen LogP contribution in [-0.4, -0.2) is 41.2 Å². The molecule has 0 heterocycles. The van der Waals surface area contributed by atoms with Crippen LogP contribution in [0.5, 0.6) is 0 Å². The molecule has 4 N–H and O–H groups in total. The molecular weight excluding hydrogens is 304 g/mol. The molecule has 0 fully saturated rings. The maximum atomic E-state index is 11.3. The first kappa shape index (κ1) is 18.4. The van der Waals surface area contributed by atoms with Gasteiger partial charge in [0.05, 0.1) is 4.90 Å². The number of primary sulfonamides is 1. The Kier molecular flexibility index (Phi) is 7.86. The van der Waals surface area contributed by atoms with Gasteiger partial charge >= 0.3 is 0 Å². The van der Waals surface area contributed by atoms with E-state index in [0.717, 1.165) is 18.5 Å². The predicted molar refractivity (Wildman–Crippen MR) is 87.1 cm³/mol. The molecule has 0 spiro atoms. The molecule has 0 aliphatic rings. The minimum Gasteiger partial charge on any atom is -0.382 e. The van der Waals surface area contributed by atoms with Crippen LogP contribution in [0.3, 0.4) is 0 Å². The summed E-state index contributed by atoms with van der Waals surface area (Å²) in [7, 11) is -2.00. The topological polar surface area (TPSA) is 106 Å². The zero-order valence-electron chi connectivity index (χ0n) is 13.0. The zero-order valence-corrected chi connectivity index (χ0v) is 13.8. The molecule has 0 amide bonds. The Morgan fingerprint density at radius 1 is 1.36 bits per heavy atom. The minimum atomic E-state index is -3.68. The van der Waals surface area contributed by atoms with Crippen molar-refractivity contribution in [1.82, 2.24) is 10.6 Å². The van der Waals surface area contributed by atoms with E-state index in [0.29, 0.717) is 25.7 Å². The number of rotatable bonds is 8. The maximum absolute atomic E-state index is 11.3. The molecule has 0 saturated carbocycles. The summed E-state index contributed by atoms with van der Waals surface area (Å²) in [5.41, 5.74) is 0.809. The number of aliphatic imine (C=N–C) groups is 1. The molecule has 0 aromatic heterocycles. The first-order valence-corrected chi connectivity index (χ1v) is 8.66. The summed E-state index contributed by atoms with van der Waals surface area (Å²) in [6.45, 7) is 4.58. The normalized spacial score (nSPS) is 12.2. The number of nitrogens with two attached hydrogens (primary N) is 1. The van der Waals surface area contributed by atoms with Crippen molar-refractivity contribution in [2.45, 2.75) is 24.8 Å². The Morgan fingerprint density at radius 3 is 2.77 bits per heavy atom. The van der Waals surface area contributed by atoms with Crippen molar-refractivity contribution in [3.63, 3.8) is 0 Å². The molecule has 0 unspecified atom stereocenters. The van der Waals surface area contributed by atoms with E-state index in [1.54, 1.807) is 19.2 Å². The van der Waals surface area contributed by atoms with Crippen molar-refractivity contribution in [3.05, 3.63) is 29.8 Å². The van der Waals surface area contributed by atoms with Gasteiger partial charge in [-0.05, 0) is 31.0 Å². The van der Waals surface area contributed by atoms with Crippen molar-refractivity contribution in [2.24, 2.45) is 10.1 Å². The van der Waals surface area contributed by atoms with Gasteiger partial charge in [0.25, 0.3) is 0 Å². The molecule has 0 bridgehead atoms. The average Bonchev–Trinajstić information content (AvgIpc) is 2.49. The van der Waals surface area contributed by atoms with E-state index in [9.17, 15) is 8.42 Å². The fourth-order valence-electron chi connectivity index (χ4n) is 1.76. The molecule has 0 aliphatic heterocycles. The summed E-state index contributed by atoms with van der Waals surface area (Å²) < 4.78 is 27.9. The highest BCUT2D eigenvalue weighted by atomic mass is 32.2. The monoisotopic (exact) mass is 328 g/mol. The van der Waals surface area contributed by atoms with Crippen LogP contribution in [0.2, 0.25) is 0 Å². The first-order chi connectivity index (χ1) is 10.5. The maximum Gasteiger partial charge on any atom is 0.238 e. The molecule has 22 heavy (non-hydrogen) atoms. The number of hydrogen-bond acceptors (Lipinski definition) is 4. The number of hydrogen-bond donors (Lipinski definition) is 3. The van der Waals surface area contributed by atoms with Crippen molar-refractivity contribution < 1.29 is 13.2 Å². The van der Waals surface area contributed by atoms with Gasteiger partial charge in [-0.25, -0.2) is 13.6 Å². The lowest BCUT2D eigenvalue weighted by Crippen LogP contribution is -2.37. The van der Waals surface area contributed by atoms with E-state index < -0.39 is 10.0 Å². The minimum absolute atomic E-state index is 0.103. The summed E-state index contributed by atoms with van der Waals surface area (Å²) in [5.74, 6) is 0.650. The Labute approximate surface area is 132 Å². The third kappa shape index (κ3) is 6.88. The van der Waals surface area contributed by atoms with Crippen LogP contribution in [0, 0.1) is 0 Å². The first-order valence-electron chi connectivity index (χ1n) is 7.11. The summed E-state index contributed by atoms with van der Waals surface area (Å²) in [6, 6.07) is 6.50. The zero-order chi connectivity index (χ0) is 16.4. The van der Waals surface area contributed by atoms with Gasteiger partial charge in [-0.2, -0.15) is 0 Å². The summed E-state index contributed by atoms with van der Waals surface area (Å²) in [6.07, 6.45) is 0.884.